The van der Waals surface area contributed by atoms with Crippen molar-refractivity contribution >= 4 is 11.6 Å². The summed E-state index contributed by atoms with van der Waals surface area (Å²) >= 11 is 0. The van der Waals surface area contributed by atoms with E-state index in [1.54, 1.807) is 18.4 Å². The highest BCUT2D eigenvalue weighted by atomic mass is 16.5. The lowest BCUT2D eigenvalue weighted by molar-refractivity contribution is -0.135. The summed E-state index contributed by atoms with van der Waals surface area (Å²) in [5.74, 6) is 2.33. The van der Waals surface area contributed by atoms with Crippen LogP contribution >= 0.6 is 0 Å². The van der Waals surface area contributed by atoms with Crippen LogP contribution < -0.4 is 4.74 Å². The molecule has 5 rings (SSSR count). The molecule has 0 radical (unpaired) electrons. The normalized spacial score (nSPS) is 19.4. The SMILES string of the molecule is COc1ccc(C2=NN(C(=O)CN3CCN(Cc4cc(C)on4)CC3)C(c3ccco3)C2)cc1. The topological polar surface area (TPSA) is 87.5 Å². The number of hydrazone groups is 1. The predicted octanol–water partition coefficient (Wildman–Crippen LogP) is 3.08. The number of aromatic nitrogens is 1. The molecule has 0 aliphatic carbocycles. The van der Waals surface area contributed by atoms with Crippen LogP contribution in [0.2, 0.25) is 0 Å². The van der Waals surface area contributed by atoms with Gasteiger partial charge in [0.25, 0.3) is 5.91 Å². The summed E-state index contributed by atoms with van der Waals surface area (Å²) in [6, 6.07) is 13.2. The highest BCUT2D eigenvalue weighted by Gasteiger charge is 2.35. The molecule has 0 N–H and O–H groups in total. The molecule has 34 heavy (non-hydrogen) atoms. The lowest BCUT2D eigenvalue weighted by atomic mass is 10.0. The molecule has 0 spiro atoms. The predicted molar refractivity (Wildman–Crippen MR) is 125 cm³/mol. The fourth-order valence-electron chi connectivity index (χ4n) is 4.49. The van der Waals surface area contributed by atoms with Crippen molar-refractivity contribution in [2.75, 3.05) is 39.8 Å². The first-order valence-corrected chi connectivity index (χ1v) is 11.5. The molecule has 1 unspecified atom stereocenters. The number of hydrogen-bond donors (Lipinski definition) is 0. The number of carbonyl (C=O) groups excluding carboxylic acids is 1. The van der Waals surface area contributed by atoms with Gasteiger partial charge in [0, 0.05) is 45.2 Å². The lowest BCUT2D eigenvalue weighted by Gasteiger charge is -2.34. The lowest BCUT2D eigenvalue weighted by Crippen LogP contribution is -2.49. The van der Waals surface area contributed by atoms with Crippen molar-refractivity contribution in [3.8, 4) is 5.75 Å². The molecule has 0 saturated carbocycles. The summed E-state index contributed by atoms with van der Waals surface area (Å²) in [4.78, 5) is 17.9. The monoisotopic (exact) mass is 463 g/mol. The van der Waals surface area contributed by atoms with Gasteiger partial charge in [-0.05, 0) is 48.9 Å². The van der Waals surface area contributed by atoms with Gasteiger partial charge in [0.2, 0.25) is 0 Å². The molecular formula is C25H29N5O4. The van der Waals surface area contributed by atoms with E-state index in [-0.39, 0.29) is 11.9 Å². The van der Waals surface area contributed by atoms with Crippen LogP contribution in [0.15, 0.2) is 62.8 Å². The fourth-order valence-corrected chi connectivity index (χ4v) is 4.49. The number of methoxy groups -OCH3 is 1. The van der Waals surface area contributed by atoms with Crippen LogP contribution in [0, 0.1) is 6.92 Å². The number of hydrogen-bond acceptors (Lipinski definition) is 8. The van der Waals surface area contributed by atoms with E-state index in [0.717, 1.165) is 67.0 Å². The second-order valence-corrected chi connectivity index (χ2v) is 8.73. The summed E-state index contributed by atoms with van der Waals surface area (Å²) in [6.45, 7) is 6.38. The highest BCUT2D eigenvalue weighted by Crippen LogP contribution is 2.33. The van der Waals surface area contributed by atoms with Crippen molar-refractivity contribution < 1.29 is 18.5 Å². The van der Waals surface area contributed by atoms with Crippen molar-refractivity contribution in [1.82, 2.24) is 20.0 Å². The van der Waals surface area contributed by atoms with E-state index in [1.807, 2.05) is 49.4 Å². The van der Waals surface area contributed by atoms with Crippen LogP contribution in [0.3, 0.4) is 0 Å². The third-order valence-corrected chi connectivity index (χ3v) is 6.35. The number of piperazine rings is 1. The second-order valence-electron chi connectivity index (χ2n) is 8.73. The van der Waals surface area contributed by atoms with Gasteiger partial charge in [-0.15, -0.1) is 0 Å². The molecule has 1 amide bonds. The molecular weight excluding hydrogens is 434 g/mol. The summed E-state index contributed by atoms with van der Waals surface area (Å²) in [7, 11) is 1.64. The summed E-state index contributed by atoms with van der Waals surface area (Å²) in [5, 5.41) is 10.4. The number of carbonyl (C=O) groups is 1. The minimum Gasteiger partial charge on any atom is -0.497 e. The van der Waals surface area contributed by atoms with E-state index < -0.39 is 0 Å². The highest BCUT2D eigenvalue weighted by molar-refractivity contribution is 6.03. The Balaban J connectivity index is 1.23. The van der Waals surface area contributed by atoms with Crippen LogP contribution in [0.1, 0.15) is 35.2 Å². The first kappa shape index (κ1) is 22.4. The van der Waals surface area contributed by atoms with Gasteiger partial charge >= 0.3 is 0 Å². The summed E-state index contributed by atoms with van der Waals surface area (Å²) in [5.41, 5.74) is 2.79. The Hall–Kier alpha value is -3.43. The van der Waals surface area contributed by atoms with Gasteiger partial charge in [0.1, 0.15) is 23.3 Å². The van der Waals surface area contributed by atoms with E-state index in [1.165, 1.54) is 0 Å². The van der Waals surface area contributed by atoms with E-state index >= 15 is 0 Å². The molecule has 1 fully saturated rings. The average molecular weight is 464 g/mol. The van der Waals surface area contributed by atoms with Crippen molar-refractivity contribution in [2.45, 2.75) is 25.9 Å². The van der Waals surface area contributed by atoms with Gasteiger partial charge in [-0.1, -0.05) is 5.16 Å². The van der Waals surface area contributed by atoms with Crippen LogP contribution in [0.5, 0.6) is 5.75 Å². The Labute approximate surface area is 198 Å². The first-order valence-electron chi connectivity index (χ1n) is 11.5. The molecule has 1 atom stereocenters. The number of rotatable bonds is 7. The first-order chi connectivity index (χ1) is 16.6. The van der Waals surface area contributed by atoms with Crippen LogP contribution in [0.25, 0.3) is 0 Å². The molecule has 2 aliphatic heterocycles. The molecule has 9 nitrogen and oxygen atoms in total. The van der Waals surface area contributed by atoms with Crippen molar-refractivity contribution in [3.63, 3.8) is 0 Å². The number of benzene rings is 1. The maximum absolute atomic E-state index is 13.4. The Morgan fingerprint density at radius 1 is 1.12 bits per heavy atom. The molecule has 1 aromatic carbocycles. The van der Waals surface area contributed by atoms with Gasteiger partial charge in [0.05, 0.1) is 31.3 Å². The van der Waals surface area contributed by atoms with Gasteiger partial charge in [-0.3, -0.25) is 14.6 Å². The second kappa shape index (κ2) is 9.82. The van der Waals surface area contributed by atoms with Gasteiger partial charge in [-0.2, -0.15) is 5.10 Å². The smallest absolute Gasteiger partial charge is 0.257 e. The number of ether oxygens (including phenoxy) is 1. The number of aryl methyl sites for hydroxylation is 1. The van der Waals surface area contributed by atoms with Crippen molar-refractivity contribution in [3.05, 3.63) is 71.5 Å². The molecule has 178 valence electrons. The van der Waals surface area contributed by atoms with Gasteiger partial charge < -0.3 is 13.7 Å². The van der Waals surface area contributed by atoms with E-state index in [9.17, 15) is 4.79 Å². The Bertz CT molecular complexity index is 1130. The molecule has 1 saturated heterocycles. The van der Waals surface area contributed by atoms with Crippen molar-refractivity contribution in [1.29, 1.82) is 0 Å². The summed E-state index contributed by atoms with van der Waals surface area (Å²) < 4.78 is 16.1. The van der Waals surface area contributed by atoms with Crippen LogP contribution in [0.4, 0.5) is 0 Å². The van der Waals surface area contributed by atoms with E-state index in [0.29, 0.717) is 13.0 Å². The Morgan fingerprint density at radius 2 is 1.88 bits per heavy atom. The Morgan fingerprint density at radius 3 is 2.53 bits per heavy atom. The largest absolute Gasteiger partial charge is 0.497 e. The molecule has 2 aliphatic rings. The maximum atomic E-state index is 13.4. The molecule has 9 heteroatoms. The third kappa shape index (κ3) is 4.90. The van der Waals surface area contributed by atoms with Crippen LogP contribution in [-0.2, 0) is 11.3 Å². The maximum Gasteiger partial charge on any atom is 0.257 e. The van der Waals surface area contributed by atoms with Gasteiger partial charge in [0.15, 0.2) is 0 Å². The summed E-state index contributed by atoms with van der Waals surface area (Å²) in [6.07, 6.45) is 2.25. The minimum atomic E-state index is -0.240. The molecule has 0 bridgehead atoms. The van der Waals surface area contributed by atoms with Gasteiger partial charge in [-0.25, -0.2) is 5.01 Å². The van der Waals surface area contributed by atoms with Crippen molar-refractivity contribution in [2.24, 2.45) is 5.10 Å². The van der Waals surface area contributed by atoms with E-state index in [2.05, 4.69) is 15.0 Å². The molecule has 3 aromatic rings. The zero-order valence-corrected chi connectivity index (χ0v) is 19.5. The quantitative estimate of drug-likeness (QED) is 0.532. The standard InChI is InChI=1S/C25H29N5O4/c1-18-14-20(27-34-18)16-28-9-11-29(12-10-28)17-25(31)30-23(24-4-3-13-33-24)15-22(26-30)19-5-7-21(32-2)8-6-19/h3-8,13-14,23H,9-12,15-17H2,1-2H3. The average Bonchev–Trinajstić information content (AvgIpc) is 3.61. The zero-order chi connectivity index (χ0) is 23.5. The minimum absolute atomic E-state index is 0.0227. The van der Waals surface area contributed by atoms with E-state index in [4.69, 9.17) is 18.8 Å². The number of amides is 1. The fraction of sp³-hybridized carbons (Fsp3) is 0.400. The number of nitrogens with zero attached hydrogens (tertiary/aromatic N) is 5. The molecule has 2 aromatic heterocycles. The third-order valence-electron chi connectivity index (χ3n) is 6.35. The van der Waals surface area contributed by atoms with Crippen LogP contribution in [-0.4, -0.2) is 71.4 Å². The number of furan rings is 1. The Kier molecular flexibility index (Phi) is 6.46. The molecule has 4 heterocycles. The zero-order valence-electron chi connectivity index (χ0n) is 19.5.